The Bertz CT molecular complexity index is 1420. The number of rotatable bonds is 6. The van der Waals surface area contributed by atoms with Crippen molar-refractivity contribution in [3.63, 3.8) is 0 Å². The molecule has 4 aliphatic rings. The first-order valence-electron chi connectivity index (χ1n) is 15.6. The molecule has 234 valence electrons. The fraction of sp³-hybridized carbons (Fsp3) is 0.531. The molecule has 1 N–H and O–H groups in total. The number of nitrogens with one attached hydrogen (secondary N) is 1. The smallest absolute Gasteiger partial charge is 0.257 e. The number of hydrogen-bond donors (Lipinski definition) is 1. The van der Waals surface area contributed by atoms with Crippen molar-refractivity contribution in [1.82, 2.24) is 35.1 Å². The Kier molecular flexibility index (Phi) is 9.67. The van der Waals surface area contributed by atoms with Crippen molar-refractivity contribution in [3.05, 3.63) is 60.0 Å². The van der Waals surface area contributed by atoms with E-state index in [1.165, 1.54) is 12.8 Å². The Morgan fingerprint density at radius 1 is 1.00 bits per heavy atom. The summed E-state index contributed by atoms with van der Waals surface area (Å²) in [7, 11) is 1.60. The number of carbonyl (C=O) groups is 2. The third kappa shape index (κ3) is 7.54. The van der Waals surface area contributed by atoms with Gasteiger partial charge >= 0.3 is 0 Å². The molecule has 7 rings (SSSR count). The van der Waals surface area contributed by atoms with Crippen LogP contribution in [0.2, 0.25) is 0 Å². The van der Waals surface area contributed by atoms with E-state index in [0.29, 0.717) is 43.7 Å². The Hall–Kier alpha value is -4.03. The van der Waals surface area contributed by atoms with Crippen molar-refractivity contribution in [2.45, 2.75) is 38.1 Å². The largest absolute Gasteiger partial charge is 0.494 e. The Labute approximate surface area is 257 Å². The van der Waals surface area contributed by atoms with E-state index in [4.69, 9.17) is 14.2 Å². The van der Waals surface area contributed by atoms with Crippen LogP contribution in [0.15, 0.2) is 48.8 Å². The molecular weight excluding hydrogens is 562 g/mol. The van der Waals surface area contributed by atoms with Gasteiger partial charge in [0.2, 0.25) is 11.8 Å². The molecule has 5 heterocycles. The maximum Gasteiger partial charge on any atom is 0.257 e. The predicted octanol–water partition coefficient (Wildman–Crippen LogP) is 2.37. The van der Waals surface area contributed by atoms with Crippen LogP contribution in [0.1, 0.15) is 41.7 Å². The number of ether oxygens (including phenoxy) is 3. The van der Waals surface area contributed by atoms with Crippen molar-refractivity contribution in [3.8, 4) is 17.3 Å². The molecule has 2 bridgehead atoms. The molecule has 1 atom stereocenters. The van der Waals surface area contributed by atoms with Crippen LogP contribution >= 0.6 is 0 Å². The standard InChI is InChI=1S/C32H41N7O5/c1-42-29-7-3-2-6-28(29)39-22-25(35-36-39)19-27-32(41)38-13-10-24(11-14-38)21-37(20-23-8-9-23)15-16-43-17-18-44-31-26(30(40)34-27)5-4-12-33-31/h2-7,12,22-24,27H,8-11,13-21H2,1H3,(H,34,40)/t27-/m1/s1. The van der Waals surface area contributed by atoms with E-state index in [1.807, 2.05) is 29.2 Å². The third-order valence-corrected chi connectivity index (χ3v) is 8.58. The lowest BCUT2D eigenvalue weighted by molar-refractivity contribution is -0.134. The molecule has 2 amide bonds. The lowest BCUT2D eigenvalue weighted by atomic mass is 9.95. The first-order valence-corrected chi connectivity index (χ1v) is 15.6. The molecule has 2 fully saturated rings. The zero-order valence-electron chi connectivity index (χ0n) is 25.3. The van der Waals surface area contributed by atoms with Gasteiger partial charge in [0.15, 0.2) is 0 Å². The molecule has 3 aliphatic heterocycles. The summed E-state index contributed by atoms with van der Waals surface area (Å²) >= 11 is 0. The molecule has 0 spiro atoms. The number of amides is 2. The van der Waals surface area contributed by atoms with E-state index < -0.39 is 11.9 Å². The normalized spacial score (nSPS) is 22.4. The number of fused-ring (bicyclic) bond motifs is 12. The van der Waals surface area contributed by atoms with Gasteiger partial charge in [0.25, 0.3) is 5.91 Å². The summed E-state index contributed by atoms with van der Waals surface area (Å²) < 4.78 is 18.9. The number of methoxy groups -OCH3 is 1. The first kappa shape index (κ1) is 30.0. The van der Waals surface area contributed by atoms with Crippen molar-refractivity contribution < 1.29 is 23.8 Å². The molecule has 44 heavy (non-hydrogen) atoms. The second-order valence-electron chi connectivity index (χ2n) is 11.8. The highest BCUT2D eigenvalue weighted by atomic mass is 16.5. The topological polar surface area (TPSA) is 124 Å². The molecule has 1 saturated heterocycles. The minimum absolute atomic E-state index is 0.126. The van der Waals surface area contributed by atoms with Crippen LogP contribution in [0.3, 0.4) is 0 Å². The molecule has 0 unspecified atom stereocenters. The van der Waals surface area contributed by atoms with Crippen LogP contribution in [0, 0.1) is 11.8 Å². The number of hydrogen-bond acceptors (Lipinski definition) is 9. The highest BCUT2D eigenvalue weighted by molar-refractivity contribution is 5.99. The van der Waals surface area contributed by atoms with E-state index in [0.717, 1.165) is 44.1 Å². The number of aromatic nitrogens is 4. The molecular formula is C32H41N7O5. The summed E-state index contributed by atoms with van der Waals surface area (Å²) in [5.41, 5.74) is 1.56. The van der Waals surface area contributed by atoms with E-state index in [2.05, 4.69) is 25.5 Å². The van der Waals surface area contributed by atoms with Gasteiger partial charge in [-0.3, -0.25) is 9.59 Å². The van der Waals surface area contributed by atoms with Crippen LogP contribution < -0.4 is 14.8 Å². The lowest BCUT2D eigenvalue weighted by Crippen LogP contribution is -2.52. The monoisotopic (exact) mass is 603 g/mol. The SMILES string of the molecule is COc1ccccc1-n1cc(C[C@H]2NC(=O)c3cccnc3OCCOCCN(CC3CC3)CC3CCN(CC3)C2=O)nn1. The fourth-order valence-corrected chi connectivity index (χ4v) is 5.99. The number of piperidine rings is 1. The molecule has 1 saturated carbocycles. The summed E-state index contributed by atoms with van der Waals surface area (Å²) in [5.74, 6) is 1.62. The zero-order valence-corrected chi connectivity index (χ0v) is 25.3. The van der Waals surface area contributed by atoms with Gasteiger partial charge in [0, 0.05) is 45.3 Å². The van der Waals surface area contributed by atoms with Crippen LogP contribution in [-0.4, -0.2) is 107 Å². The average molecular weight is 604 g/mol. The van der Waals surface area contributed by atoms with Crippen LogP contribution in [0.4, 0.5) is 0 Å². The summed E-state index contributed by atoms with van der Waals surface area (Å²) in [4.78, 5) is 36.3. The quantitative estimate of drug-likeness (QED) is 0.423. The van der Waals surface area contributed by atoms with E-state index in [-0.39, 0.29) is 30.4 Å². The number of pyridine rings is 1. The average Bonchev–Trinajstić information content (AvgIpc) is 3.75. The number of benzene rings is 1. The third-order valence-electron chi connectivity index (χ3n) is 8.58. The molecule has 0 radical (unpaired) electrons. The molecule has 12 heteroatoms. The maximum atomic E-state index is 14.0. The van der Waals surface area contributed by atoms with Gasteiger partial charge < -0.3 is 29.3 Å². The Balaban J connectivity index is 1.23. The lowest BCUT2D eigenvalue weighted by Gasteiger charge is -2.36. The maximum absolute atomic E-state index is 14.0. The minimum Gasteiger partial charge on any atom is -0.494 e. The van der Waals surface area contributed by atoms with Gasteiger partial charge in [0.05, 0.1) is 32.2 Å². The molecule has 1 aliphatic carbocycles. The number of nitrogens with zero attached hydrogens (tertiary/aromatic N) is 6. The van der Waals surface area contributed by atoms with Crippen molar-refractivity contribution in [2.24, 2.45) is 11.8 Å². The molecule has 2 aromatic heterocycles. The van der Waals surface area contributed by atoms with Gasteiger partial charge in [-0.05, 0) is 61.8 Å². The van der Waals surface area contributed by atoms with Gasteiger partial charge in [0.1, 0.15) is 29.6 Å². The predicted molar refractivity (Wildman–Crippen MR) is 162 cm³/mol. The zero-order chi connectivity index (χ0) is 30.3. The van der Waals surface area contributed by atoms with Gasteiger partial charge in [-0.1, -0.05) is 17.3 Å². The highest BCUT2D eigenvalue weighted by Crippen LogP contribution is 2.31. The van der Waals surface area contributed by atoms with E-state index >= 15 is 0 Å². The number of carbonyl (C=O) groups excluding carboxylic acids is 2. The van der Waals surface area contributed by atoms with Crippen molar-refractivity contribution >= 4 is 11.8 Å². The summed E-state index contributed by atoms with van der Waals surface area (Å²) in [6.45, 7) is 5.61. The molecule has 1 aromatic carbocycles. The highest BCUT2D eigenvalue weighted by Gasteiger charge is 2.33. The van der Waals surface area contributed by atoms with Gasteiger partial charge in [-0.2, -0.15) is 0 Å². The molecule has 12 nitrogen and oxygen atoms in total. The van der Waals surface area contributed by atoms with Gasteiger partial charge in [-0.25, -0.2) is 9.67 Å². The fourth-order valence-electron chi connectivity index (χ4n) is 5.99. The van der Waals surface area contributed by atoms with E-state index in [9.17, 15) is 9.59 Å². The Morgan fingerprint density at radius 2 is 1.84 bits per heavy atom. The minimum atomic E-state index is -0.844. The summed E-state index contributed by atoms with van der Waals surface area (Å²) in [6.07, 6.45) is 8.01. The number of para-hydroxylation sites is 2. The van der Waals surface area contributed by atoms with Gasteiger partial charge in [-0.15, -0.1) is 5.10 Å². The second kappa shape index (κ2) is 14.2. The first-order chi connectivity index (χ1) is 21.6. The van der Waals surface area contributed by atoms with Crippen LogP contribution in [0.25, 0.3) is 5.69 Å². The van der Waals surface area contributed by atoms with Crippen molar-refractivity contribution in [2.75, 3.05) is 59.7 Å². The Morgan fingerprint density at radius 3 is 2.66 bits per heavy atom. The van der Waals surface area contributed by atoms with Crippen molar-refractivity contribution in [1.29, 1.82) is 0 Å². The van der Waals surface area contributed by atoms with Crippen LogP contribution in [0.5, 0.6) is 11.6 Å². The van der Waals surface area contributed by atoms with E-state index in [1.54, 1.807) is 36.3 Å². The van der Waals surface area contributed by atoms with Crippen LogP contribution in [-0.2, 0) is 16.0 Å². The summed E-state index contributed by atoms with van der Waals surface area (Å²) in [6, 6.07) is 9.99. The molecule has 3 aromatic rings. The second-order valence-corrected chi connectivity index (χ2v) is 11.8. The summed E-state index contributed by atoms with van der Waals surface area (Å²) in [5, 5.41) is 11.6.